The molecular formula is C26H18F3N. The molecule has 1 aromatic heterocycles. The van der Waals surface area contributed by atoms with Gasteiger partial charge in [0.15, 0.2) is 0 Å². The molecule has 0 saturated heterocycles. The first-order chi connectivity index (χ1) is 14.3. The van der Waals surface area contributed by atoms with Crippen LogP contribution in [0.4, 0.5) is 13.2 Å². The summed E-state index contributed by atoms with van der Waals surface area (Å²) in [6.07, 6.45) is -2.55. The molecule has 0 atom stereocenters. The minimum Gasteiger partial charge on any atom is -0.256 e. The van der Waals surface area contributed by atoms with Crippen molar-refractivity contribution >= 4 is 32.3 Å². The van der Waals surface area contributed by atoms with Gasteiger partial charge in [-0.2, -0.15) is 13.2 Å². The van der Waals surface area contributed by atoms with Crippen LogP contribution in [0.3, 0.4) is 0 Å². The molecule has 1 heterocycles. The highest BCUT2D eigenvalue weighted by Gasteiger charge is 2.30. The number of aryl methyl sites for hydroxylation is 2. The van der Waals surface area contributed by atoms with Crippen molar-refractivity contribution in [3.8, 4) is 11.3 Å². The summed E-state index contributed by atoms with van der Waals surface area (Å²) in [5.41, 5.74) is 3.70. The third-order valence-electron chi connectivity index (χ3n) is 5.58. The first-order valence-electron chi connectivity index (χ1n) is 9.71. The van der Waals surface area contributed by atoms with Gasteiger partial charge in [-0.05, 0) is 71.1 Å². The Hall–Kier alpha value is -3.40. The highest BCUT2D eigenvalue weighted by molar-refractivity contribution is 6.18. The number of rotatable bonds is 1. The molecule has 5 aromatic rings. The summed E-state index contributed by atoms with van der Waals surface area (Å²) in [5.74, 6) is 0. The Morgan fingerprint density at radius 2 is 1.23 bits per heavy atom. The Labute approximate surface area is 171 Å². The van der Waals surface area contributed by atoms with E-state index in [1.807, 2.05) is 24.3 Å². The zero-order chi connectivity index (χ0) is 21.0. The molecule has 0 aliphatic rings. The molecule has 0 aliphatic heterocycles. The molecule has 0 N–H and O–H groups in total. The maximum absolute atomic E-state index is 13.1. The van der Waals surface area contributed by atoms with Crippen LogP contribution in [0.2, 0.25) is 0 Å². The second-order valence-corrected chi connectivity index (χ2v) is 7.79. The highest BCUT2D eigenvalue weighted by atomic mass is 19.4. The van der Waals surface area contributed by atoms with Gasteiger partial charge in [0.2, 0.25) is 0 Å². The topological polar surface area (TPSA) is 12.9 Å². The number of hydrogen-bond donors (Lipinski definition) is 0. The minimum atomic E-state index is -4.35. The fraction of sp³-hybridized carbons (Fsp3) is 0.115. The fourth-order valence-corrected chi connectivity index (χ4v) is 4.33. The van der Waals surface area contributed by atoms with E-state index in [-0.39, 0.29) is 0 Å². The number of fused-ring (bicyclic) bond motifs is 5. The van der Waals surface area contributed by atoms with Crippen LogP contribution in [0.25, 0.3) is 43.6 Å². The van der Waals surface area contributed by atoms with Crippen molar-refractivity contribution in [1.29, 1.82) is 0 Å². The molecule has 1 nitrogen and oxygen atoms in total. The van der Waals surface area contributed by atoms with Crippen molar-refractivity contribution in [3.63, 3.8) is 0 Å². The first kappa shape index (κ1) is 18.6. The summed E-state index contributed by atoms with van der Waals surface area (Å²) in [6.45, 7) is 4.14. The average molecular weight is 401 g/mol. The van der Waals surface area contributed by atoms with E-state index < -0.39 is 11.7 Å². The summed E-state index contributed by atoms with van der Waals surface area (Å²) >= 11 is 0. The Kier molecular flexibility index (Phi) is 4.07. The highest BCUT2D eigenvalue weighted by Crippen LogP contribution is 2.37. The van der Waals surface area contributed by atoms with Crippen LogP contribution in [-0.4, -0.2) is 4.98 Å². The van der Waals surface area contributed by atoms with Gasteiger partial charge in [-0.15, -0.1) is 0 Å². The normalized spacial score (nSPS) is 12.2. The standard InChI is InChI=1S/C26H18F3N/c1-15-11-16(2)13-18(12-15)25-24-8-7-21-20-6-4-19(26(27,28)29)14-17(20)3-5-22(21)23(24)9-10-30-25/h3-14H,1-2H3. The number of pyridine rings is 1. The SMILES string of the molecule is Cc1cc(C)cc(-c2nccc3c2ccc2c4ccc(C(F)(F)F)cc4ccc32)c1. The van der Waals surface area contributed by atoms with Gasteiger partial charge < -0.3 is 0 Å². The number of alkyl halides is 3. The molecule has 0 unspecified atom stereocenters. The molecule has 148 valence electrons. The van der Waals surface area contributed by atoms with Crippen LogP contribution in [0, 0.1) is 13.8 Å². The van der Waals surface area contributed by atoms with Gasteiger partial charge in [-0.25, -0.2) is 0 Å². The van der Waals surface area contributed by atoms with E-state index in [9.17, 15) is 13.2 Å². The Balaban J connectivity index is 1.79. The quantitative estimate of drug-likeness (QED) is 0.261. The van der Waals surface area contributed by atoms with Crippen LogP contribution in [-0.2, 0) is 6.18 Å². The van der Waals surface area contributed by atoms with Crippen LogP contribution >= 0.6 is 0 Å². The largest absolute Gasteiger partial charge is 0.416 e. The van der Waals surface area contributed by atoms with Gasteiger partial charge in [0.25, 0.3) is 0 Å². The first-order valence-corrected chi connectivity index (χ1v) is 9.71. The molecule has 30 heavy (non-hydrogen) atoms. The van der Waals surface area contributed by atoms with Crippen molar-refractivity contribution in [2.75, 3.05) is 0 Å². The van der Waals surface area contributed by atoms with E-state index in [1.165, 1.54) is 17.2 Å². The second kappa shape index (κ2) is 6.56. The van der Waals surface area contributed by atoms with Crippen LogP contribution in [0.5, 0.6) is 0 Å². The number of aromatic nitrogens is 1. The zero-order valence-electron chi connectivity index (χ0n) is 16.5. The van der Waals surface area contributed by atoms with Gasteiger partial charge >= 0.3 is 6.18 Å². The van der Waals surface area contributed by atoms with E-state index in [1.54, 1.807) is 18.3 Å². The summed E-state index contributed by atoms with van der Waals surface area (Å²) < 4.78 is 39.3. The van der Waals surface area contributed by atoms with Crippen LogP contribution in [0.15, 0.2) is 72.9 Å². The van der Waals surface area contributed by atoms with E-state index in [0.717, 1.165) is 44.3 Å². The maximum atomic E-state index is 13.1. The lowest BCUT2D eigenvalue weighted by molar-refractivity contribution is -0.137. The van der Waals surface area contributed by atoms with Gasteiger partial charge in [-0.3, -0.25) is 4.98 Å². The van der Waals surface area contributed by atoms with Gasteiger partial charge in [0.05, 0.1) is 11.3 Å². The molecule has 0 bridgehead atoms. The second-order valence-electron chi connectivity index (χ2n) is 7.79. The molecule has 0 saturated carbocycles. The molecule has 5 rings (SSSR count). The molecule has 4 heteroatoms. The van der Waals surface area contributed by atoms with E-state index in [2.05, 4.69) is 37.0 Å². The molecule has 0 radical (unpaired) electrons. The van der Waals surface area contributed by atoms with Crippen molar-refractivity contribution in [3.05, 3.63) is 89.6 Å². The van der Waals surface area contributed by atoms with Gasteiger partial charge in [0.1, 0.15) is 0 Å². The molecular weight excluding hydrogens is 383 g/mol. The number of hydrogen-bond acceptors (Lipinski definition) is 1. The third kappa shape index (κ3) is 3.00. The number of benzene rings is 4. The van der Waals surface area contributed by atoms with Crippen molar-refractivity contribution in [1.82, 2.24) is 4.98 Å². The predicted octanol–water partition coefficient (Wildman–Crippen LogP) is 7.84. The molecule has 0 aliphatic carbocycles. The van der Waals surface area contributed by atoms with Crippen LogP contribution in [0.1, 0.15) is 16.7 Å². The van der Waals surface area contributed by atoms with Crippen molar-refractivity contribution < 1.29 is 13.2 Å². The Morgan fingerprint density at radius 1 is 0.633 bits per heavy atom. The predicted molar refractivity (Wildman–Crippen MR) is 117 cm³/mol. The molecule has 4 aromatic carbocycles. The van der Waals surface area contributed by atoms with E-state index in [0.29, 0.717) is 5.39 Å². The summed E-state index contributed by atoms with van der Waals surface area (Å²) in [7, 11) is 0. The average Bonchev–Trinajstić information content (AvgIpc) is 2.71. The van der Waals surface area contributed by atoms with Gasteiger partial charge in [-0.1, -0.05) is 47.5 Å². The summed E-state index contributed by atoms with van der Waals surface area (Å²) in [5, 5.41) is 5.41. The number of halogens is 3. The zero-order valence-corrected chi connectivity index (χ0v) is 16.5. The van der Waals surface area contributed by atoms with Crippen molar-refractivity contribution in [2.24, 2.45) is 0 Å². The van der Waals surface area contributed by atoms with Crippen LogP contribution < -0.4 is 0 Å². The summed E-state index contributed by atoms with van der Waals surface area (Å²) in [6, 6.07) is 20.0. The Morgan fingerprint density at radius 3 is 1.97 bits per heavy atom. The van der Waals surface area contributed by atoms with Crippen molar-refractivity contribution in [2.45, 2.75) is 20.0 Å². The third-order valence-corrected chi connectivity index (χ3v) is 5.58. The molecule has 0 amide bonds. The van der Waals surface area contributed by atoms with E-state index in [4.69, 9.17) is 0 Å². The monoisotopic (exact) mass is 401 g/mol. The maximum Gasteiger partial charge on any atom is 0.416 e. The van der Waals surface area contributed by atoms with E-state index >= 15 is 0 Å². The summed E-state index contributed by atoms with van der Waals surface area (Å²) in [4.78, 5) is 4.64. The minimum absolute atomic E-state index is 0.584. The lowest BCUT2D eigenvalue weighted by atomic mass is 9.94. The van der Waals surface area contributed by atoms with Gasteiger partial charge in [0, 0.05) is 17.1 Å². The lowest BCUT2D eigenvalue weighted by Crippen LogP contribution is -2.04. The molecule has 0 spiro atoms. The fourth-order valence-electron chi connectivity index (χ4n) is 4.33. The Bertz CT molecular complexity index is 1430. The molecule has 0 fully saturated rings. The smallest absolute Gasteiger partial charge is 0.256 e. The lowest BCUT2D eigenvalue weighted by Gasteiger charge is -2.13. The number of nitrogens with zero attached hydrogens (tertiary/aromatic N) is 1.